The fourth-order valence-electron chi connectivity index (χ4n) is 3.62. The first kappa shape index (κ1) is 24.2. The summed E-state index contributed by atoms with van der Waals surface area (Å²) in [5, 5.41) is 2.85. The molecule has 2 aromatic rings. The molecule has 1 saturated heterocycles. The average molecular weight is 470 g/mol. The molecule has 1 fully saturated rings. The number of rotatable bonds is 8. The number of sulfonamides is 1. The Labute approximate surface area is 186 Å². The highest BCUT2D eigenvalue weighted by molar-refractivity contribution is 7.89. The van der Waals surface area contributed by atoms with Crippen LogP contribution in [0.15, 0.2) is 59.5 Å². The third-order valence-electron chi connectivity index (χ3n) is 5.32. The molecule has 1 heterocycles. The summed E-state index contributed by atoms with van der Waals surface area (Å²) in [6, 6.07) is 14.1. The first-order chi connectivity index (χ1) is 15.2. The van der Waals surface area contributed by atoms with Crippen molar-refractivity contribution in [1.29, 1.82) is 0 Å². The molecule has 2 aromatic carbocycles. The van der Waals surface area contributed by atoms with Gasteiger partial charge in [-0.25, -0.2) is 8.42 Å². The summed E-state index contributed by atoms with van der Waals surface area (Å²) < 4.78 is 66.4. The smallest absolute Gasteiger partial charge is 0.355 e. The highest BCUT2D eigenvalue weighted by atomic mass is 32.2. The SMILES string of the molecule is O=C(CN1CCN(S(=O)(=O)c2ccccc2C(F)(F)F)CC1)NCCCc1ccccc1. The summed E-state index contributed by atoms with van der Waals surface area (Å²) in [5.41, 5.74) is 0.0310. The molecule has 0 bridgehead atoms. The molecule has 0 aliphatic carbocycles. The van der Waals surface area contributed by atoms with Crippen LogP contribution in [0.3, 0.4) is 0 Å². The Balaban J connectivity index is 1.47. The molecule has 3 rings (SSSR count). The minimum atomic E-state index is -4.76. The standard InChI is InChI=1S/C22H26F3N3O3S/c23-22(24,25)19-10-4-5-11-20(19)32(30,31)28-15-13-27(14-16-28)17-21(29)26-12-6-9-18-7-2-1-3-8-18/h1-5,7-8,10-11H,6,9,12-17H2,(H,26,29). The molecule has 1 amide bonds. The summed E-state index contributed by atoms with van der Waals surface area (Å²) in [6.07, 6.45) is -3.10. The molecule has 6 nitrogen and oxygen atoms in total. The number of hydrogen-bond acceptors (Lipinski definition) is 4. The molecule has 0 atom stereocenters. The number of nitrogens with one attached hydrogen (secondary N) is 1. The third-order valence-corrected chi connectivity index (χ3v) is 7.27. The van der Waals surface area contributed by atoms with Gasteiger partial charge in [-0.15, -0.1) is 0 Å². The van der Waals surface area contributed by atoms with Crippen LogP contribution in [0.2, 0.25) is 0 Å². The Morgan fingerprint density at radius 1 is 0.938 bits per heavy atom. The van der Waals surface area contributed by atoms with Crippen molar-refractivity contribution in [1.82, 2.24) is 14.5 Å². The van der Waals surface area contributed by atoms with Gasteiger partial charge in [-0.2, -0.15) is 17.5 Å². The number of carbonyl (C=O) groups excluding carboxylic acids is 1. The van der Waals surface area contributed by atoms with Gasteiger partial charge < -0.3 is 5.32 Å². The van der Waals surface area contributed by atoms with Crippen LogP contribution >= 0.6 is 0 Å². The number of carbonyl (C=O) groups is 1. The molecule has 0 unspecified atom stereocenters. The van der Waals surface area contributed by atoms with Crippen molar-refractivity contribution >= 4 is 15.9 Å². The molecule has 0 saturated carbocycles. The van der Waals surface area contributed by atoms with Gasteiger partial charge in [-0.05, 0) is 30.5 Å². The Bertz CT molecular complexity index is 1010. The molecular weight excluding hydrogens is 443 g/mol. The van der Waals surface area contributed by atoms with Crippen LogP contribution in [-0.2, 0) is 27.4 Å². The van der Waals surface area contributed by atoms with Crippen LogP contribution in [0.25, 0.3) is 0 Å². The van der Waals surface area contributed by atoms with Crippen LogP contribution in [0.4, 0.5) is 13.2 Å². The summed E-state index contributed by atoms with van der Waals surface area (Å²) in [7, 11) is -4.29. The first-order valence-corrected chi connectivity index (χ1v) is 11.8. The fraction of sp³-hybridized carbons (Fsp3) is 0.409. The number of hydrogen-bond donors (Lipinski definition) is 1. The van der Waals surface area contributed by atoms with Crippen molar-refractivity contribution in [3.8, 4) is 0 Å². The van der Waals surface area contributed by atoms with Crippen molar-refractivity contribution < 1.29 is 26.4 Å². The van der Waals surface area contributed by atoms with E-state index in [1.54, 1.807) is 4.90 Å². The molecule has 174 valence electrons. The molecule has 1 N–H and O–H groups in total. The molecule has 1 aliphatic rings. The largest absolute Gasteiger partial charge is 0.417 e. The lowest BCUT2D eigenvalue weighted by molar-refractivity contribution is -0.140. The highest BCUT2D eigenvalue weighted by Crippen LogP contribution is 2.35. The second-order valence-corrected chi connectivity index (χ2v) is 9.52. The fourth-order valence-corrected chi connectivity index (χ4v) is 5.25. The van der Waals surface area contributed by atoms with E-state index in [1.807, 2.05) is 30.3 Å². The van der Waals surface area contributed by atoms with E-state index in [9.17, 15) is 26.4 Å². The normalized spacial score (nSPS) is 16.1. The third kappa shape index (κ3) is 6.30. The minimum absolute atomic E-state index is 0.0236. The monoisotopic (exact) mass is 469 g/mol. The van der Waals surface area contributed by atoms with Gasteiger partial charge in [0.25, 0.3) is 0 Å². The molecule has 10 heteroatoms. The van der Waals surface area contributed by atoms with E-state index in [1.165, 1.54) is 11.6 Å². The van der Waals surface area contributed by atoms with Gasteiger partial charge in [0.2, 0.25) is 15.9 Å². The maximum Gasteiger partial charge on any atom is 0.417 e. The summed E-state index contributed by atoms with van der Waals surface area (Å²) in [6.45, 7) is 1.25. The Hall–Kier alpha value is -2.43. The van der Waals surface area contributed by atoms with Gasteiger partial charge >= 0.3 is 6.18 Å². The number of benzene rings is 2. The zero-order valence-electron chi connectivity index (χ0n) is 17.5. The Morgan fingerprint density at radius 2 is 1.56 bits per heavy atom. The van der Waals surface area contributed by atoms with Crippen LogP contribution in [0, 0.1) is 0 Å². The predicted molar refractivity (Wildman–Crippen MR) is 114 cm³/mol. The first-order valence-electron chi connectivity index (χ1n) is 10.4. The van der Waals surface area contributed by atoms with E-state index in [2.05, 4.69) is 5.32 Å². The van der Waals surface area contributed by atoms with Crippen LogP contribution in [-0.4, -0.2) is 62.8 Å². The van der Waals surface area contributed by atoms with Crippen molar-refractivity contribution in [2.75, 3.05) is 39.3 Å². The van der Waals surface area contributed by atoms with Crippen LogP contribution in [0.1, 0.15) is 17.5 Å². The molecular formula is C22H26F3N3O3S. The maximum atomic E-state index is 13.2. The van der Waals surface area contributed by atoms with Crippen molar-refractivity contribution in [3.05, 3.63) is 65.7 Å². The average Bonchev–Trinajstić information content (AvgIpc) is 2.77. The maximum absolute atomic E-state index is 13.2. The number of halogens is 3. The molecule has 32 heavy (non-hydrogen) atoms. The number of alkyl halides is 3. The van der Waals surface area contributed by atoms with E-state index in [0.29, 0.717) is 6.54 Å². The number of aryl methyl sites for hydroxylation is 1. The lowest BCUT2D eigenvalue weighted by Gasteiger charge is -2.34. The lowest BCUT2D eigenvalue weighted by Crippen LogP contribution is -2.51. The molecule has 0 radical (unpaired) electrons. The predicted octanol–water partition coefficient (Wildman–Crippen LogP) is 2.76. The molecule has 1 aliphatic heterocycles. The quantitative estimate of drug-likeness (QED) is 0.604. The van der Waals surface area contributed by atoms with E-state index in [-0.39, 0.29) is 38.6 Å². The van der Waals surface area contributed by atoms with E-state index < -0.39 is 26.7 Å². The molecule has 0 spiro atoms. The summed E-state index contributed by atoms with van der Waals surface area (Å²) in [5.74, 6) is -0.156. The molecule has 0 aromatic heterocycles. The van der Waals surface area contributed by atoms with Crippen molar-refractivity contribution in [2.45, 2.75) is 23.9 Å². The zero-order valence-corrected chi connectivity index (χ0v) is 18.3. The number of amides is 1. The van der Waals surface area contributed by atoms with Gasteiger partial charge in [0.1, 0.15) is 0 Å². The van der Waals surface area contributed by atoms with Gasteiger partial charge in [0.05, 0.1) is 17.0 Å². The van der Waals surface area contributed by atoms with E-state index in [0.717, 1.165) is 35.3 Å². The second kappa shape index (κ2) is 10.5. The Kier molecular flexibility index (Phi) is 7.91. The number of piperazine rings is 1. The lowest BCUT2D eigenvalue weighted by atomic mass is 10.1. The zero-order chi connectivity index (χ0) is 23.2. The second-order valence-electron chi connectivity index (χ2n) is 7.61. The van der Waals surface area contributed by atoms with E-state index in [4.69, 9.17) is 0 Å². The van der Waals surface area contributed by atoms with Crippen LogP contribution < -0.4 is 5.32 Å². The van der Waals surface area contributed by atoms with Gasteiger partial charge in [-0.3, -0.25) is 9.69 Å². The Morgan fingerprint density at radius 3 is 2.22 bits per heavy atom. The van der Waals surface area contributed by atoms with E-state index >= 15 is 0 Å². The topological polar surface area (TPSA) is 69.7 Å². The van der Waals surface area contributed by atoms with Crippen LogP contribution in [0.5, 0.6) is 0 Å². The van der Waals surface area contributed by atoms with Crippen molar-refractivity contribution in [3.63, 3.8) is 0 Å². The highest BCUT2D eigenvalue weighted by Gasteiger charge is 2.39. The minimum Gasteiger partial charge on any atom is -0.355 e. The summed E-state index contributed by atoms with van der Waals surface area (Å²) >= 11 is 0. The van der Waals surface area contributed by atoms with Gasteiger partial charge in [0.15, 0.2) is 0 Å². The van der Waals surface area contributed by atoms with Crippen molar-refractivity contribution in [2.24, 2.45) is 0 Å². The van der Waals surface area contributed by atoms with Gasteiger partial charge in [0, 0.05) is 32.7 Å². The summed E-state index contributed by atoms with van der Waals surface area (Å²) in [4.78, 5) is 13.2. The number of nitrogens with zero attached hydrogens (tertiary/aromatic N) is 2. The van der Waals surface area contributed by atoms with Gasteiger partial charge in [-0.1, -0.05) is 42.5 Å².